The van der Waals surface area contributed by atoms with Crippen molar-refractivity contribution in [3.63, 3.8) is 0 Å². The third-order valence-electron chi connectivity index (χ3n) is 24.9. The number of carbonyl (C=O) groups is 1. The molecule has 7 fully saturated rings. The van der Waals surface area contributed by atoms with E-state index in [0.29, 0.717) is 48.8 Å². The van der Waals surface area contributed by atoms with Gasteiger partial charge < -0.3 is 23.7 Å². The molecule has 0 N–H and O–H groups in total. The number of ether oxygens (including phenoxy) is 5. The first-order valence-electron chi connectivity index (χ1n) is 38.6. The van der Waals surface area contributed by atoms with Gasteiger partial charge in [-0.05, 0) is 218 Å². The summed E-state index contributed by atoms with van der Waals surface area (Å²) in [6, 6.07) is 0. The fourth-order valence-electron chi connectivity index (χ4n) is 18.3. The Kier molecular flexibility index (Phi) is 42.3. The maximum atomic E-state index is 13.4. The molecule has 2 saturated carbocycles. The van der Waals surface area contributed by atoms with Crippen LogP contribution in [0.25, 0.3) is 0 Å². The highest BCUT2D eigenvalue weighted by Crippen LogP contribution is 2.50. The molecule has 6 nitrogen and oxygen atoms in total. The molecule has 7 rings (SSSR count). The molecular formula is C82H160F2O6. The van der Waals surface area contributed by atoms with Gasteiger partial charge in [0.2, 0.25) is 6.43 Å². The van der Waals surface area contributed by atoms with Gasteiger partial charge in [-0.25, -0.2) is 8.78 Å². The number of Topliss-reactive ketones (excluding diaryl/α,β-unsaturated/α-hetero) is 1. The Morgan fingerprint density at radius 1 is 0.367 bits per heavy atom. The summed E-state index contributed by atoms with van der Waals surface area (Å²) in [5.41, 5.74) is -0.348. The number of carbonyl (C=O) groups excluding carboxylic acids is 1. The van der Waals surface area contributed by atoms with Gasteiger partial charge in [0.1, 0.15) is 5.78 Å². The zero-order valence-corrected chi connectivity index (χ0v) is 65.7. The van der Waals surface area contributed by atoms with Gasteiger partial charge in [-0.2, -0.15) is 0 Å². The van der Waals surface area contributed by atoms with Crippen molar-refractivity contribution in [3.8, 4) is 0 Å². The number of halogens is 2. The van der Waals surface area contributed by atoms with E-state index >= 15 is 0 Å². The Balaban J connectivity index is 0.000000526. The second-order valence-corrected chi connectivity index (χ2v) is 35.2. The quantitative estimate of drug-likeness (QED) is 0.163. The van der Waals surface area contributed by atoms with E-state index in [1.807, 2.05) is 27.7 Å². The monoisotopic (exact) mass is 1280 g/mol. The molecule has 0 spiro atoms. The van der Waals surface area contributed by atoms with Crippen LogP contribution in [0.2, 0.25) is 0 Å². The molecule has 538 valence electrons. The summed E-state index contributed by atoms with van der Waals surface area (Å²) in [5, 5.41) is 0. The van der Waals surface area contributed by atoms with Crippen molar-refractivity contribution in [1.82, 2.24) is 0 Å². The van der Waals surface area contributed by atoms with Crippen LogP contribution in [0.1, 0.15) is 285 Å². The Labute approximate surface area is 561 Å². The SMILES string of the molecule is CC(C)C1CCC(=O)CC1C(C)C.CC(C)C1CCCCC1C(C)C.CC(C)C1CCOC(C)C1C(C)C.CC(C)C1CCOCC1C(C)C.CC(C)C1CCOCC1C(C)C.CC(C)C1COCCC1(C(C)C)C(F)F.CC(C)C1COCCC1(C)C(C)C. The first-order chi connectivity index (χ1) is 41.8. The average molecular weight is 1280 g/mol. The molecule has 7 aliphatic rings. The van der Waals surface area contributed by atoms with Crippen molar-refractivity contribution < 1.29 is 37.3 Å². The van der Waals surface area contributed by atoms with Crippen LogP contribution < -0.4 is 0 Å². The summed E-state index contributed by atoms with van der Waals surface area (Å²) in [6.07, 6.45) is 12.4. The molecule has 8 heteroatoms. The molecule has 15 atom stereocenters. The molecule has 15 unspecified atom stereocenters. The predicted molar refractivity (Wildman–Crippen MR) is 385 cm³/mol. The third-order valence-corrected chi connectivity index (χ3v) is 24.9. The van der Waals surface area contributed by atoms with Crippen LogP contribution in [0, 0.1) is 165 Å². The number of alkyl halides is 2. The van der Waals surface area contributed by atoms with E-state index in [2.05, 4.69) is 180 Å². The molecule has 0 bridgehead atoms. The topological polar surface area (TPSA) is 63.2 Å². The predicted octanol–water partition coefficient (Wildman–Crippen LogP) is 23.6. The lowest BCUT2D eigenvalue weighted by atomic mass is 9.61. The maximum Gasteiger partial charge on any atom is 0.244 e. The maximum absolute atomic E-state index is 13.4. The summed E-state index contributed by atoms with van der Waals surface area (Å²) >= 11 is 0. The average Bonchev–Trinajstić information content (AvgIpc) is 1.46. The second kappa shape index (κ2) is 43.6. The van der Waals surface area contributed by atoms with Crippen LogP contribution in [0.4, 0.5) is 8.78 Å². The van der Waals surface area contributed by atoms with E-state index in [-0.39, 0.29) is 17.8 Å². The van der Waals surface area contributed by atoms with Gasteiger partial charge in [0.15, 0.2) is 0 Å². The molecule has 5 heterocycles. The number of rotatable bonds is 15. The van der Waals surface area contributed by atoms with E-state index in [9.17, 15) is 13.6 Å². The lowest BCUT2D eigenvalue weighted by Gasteiger charge is -2.48. The van der Waals surface area contributed by atoms with Crippen molar-refractivity contribution in [2.24, 2.45) is 165 Å². The zero-order chi connectivity index (χ0) is 69.1. The summed E-state index contributed by atoms with van der Waals surface area (Å²) in [5.74, 6) is 19.3. The third kappa shape index (κ3) is 27.7. The largest absolute Gasteiger partial charge is 0.381 e. The van der Waals surface area contributed by atoms with Crippen LogP contribution in [-0.2, 0) is 28.5 Å². The van der Waals surface area contributed by atoms with Gasteiger partial charge >= 0.3 is 0 Å². The molecule has 5 aliphatic heterocycles. The van der Waals surface area contributed by atoms with E-state index in [1.54, 1.807) is 0 Å². The van der Waals surface area contributed by atoms with Gasteiger partial charge in [0.05, 0.1) is 19.3 Å². The second-order valence-electron chi connectivity index (χ2n) is 35.2. The summed E-state index contributed by atoms with van der Waals surface area (Å²) in [7, 11) is 0. The number of hydrogen-bond donors (Lipinski definition) is 0. The fraction of sp³-hybridized carbons (Fsp3) is 0.988. The van der Waals surface area contributed by atoms with Gasteiger partial charge in [-0.15, -0.1) is 0 Å². The van der Waals surface area contributed by atoms with Crippen LogP contribution in [0.3, 0.4) is 0 Å². The highest BCUT2D eigenvalue weighted by molar-refractivity contribution is 5.79. The van der Waals surface area contributed by atoms with E-state index in [0.717, 1.165) is 190 Å². The zero-order valence-electron chi connectivity index (χ0n) is 65.7. The highest BCUT2D eigenvalue weighted by Gasteiger charge is 2.52. The summed E-state index contributed by atoms with van der Waals surface area (Å²) in [4.78, 5) is 11.3. The normalized spacial score (nSPS) is 32.8. The van der Waals surface area contributed by atoms with Crippen molar-refractivity contribution in [2.75, 3.05) is 59.5 Å². The lowest BCUT2D eigenvalue weighted by molar-refractivity contribution is -0.160. The van der Waals surface area contributed by atoms with E-state index in [1.165, 1.54) is 51.4 Å². The van der Waals surface area contributed by atoms with E-state index in [4.69, 9.17) is 23.7 Å². The van der Waals surface area contributed by atoms with Crippen LogP contribution >= 0.6 is 0 Å². The van der Waals surface area contributed by atoms with Gasteiger partial charge in [-0.3, -0.25) is 4.79 Å². The highest BCUT2D eigenvalue weighted by atomic mass is 19.3. The van der Waals surface area contributed by atoms with Crippen LogP contribution in [0.5, 0.6) is 0 Å². The fourth-order valence-corrected chi connectivity index (χ4v) is 18.3. The minimum Gasteiger partial charge on any atom is -0.381 e. The van der Waals surface area contributed by atoms with Crippen molar-refractivity contribution in [1.29, 1.82) is 0 Å². The molecule has 0 radical (unpaired) electrons. The van der Waals surface area contributed by atoms with Gasteiger partial charge in [-0.1, -0.05) is 214 Å². The minimum absolute atomic E-state index is 0.00815. The molecule has 90 heavy (non-hydrogen) atoms. The van der Waals surface area contributed by atoms with Crippen molar-refractivity contribution >= 4 is 5.78 Å². The smallest absolute Gasteiger partial charge is 0.244 e. The molecule has 0 aromatic rings. The molecule has 5 saturated heterocycles. The Bertz CT molecular complexity index is 1660. The Morgan fingerprint density at radius 3 is 1.03 bits per heavy atom. The van der Waals surface area contributed by atoms with Crippen LogP contribution in [0.15, 0.2) is 0 Å². The Hall–Kier alpha value is -0.670. The van der Waals surface area contributed by atoms with Gasteiger partial charge in [0.25, 0.3) is 0 Å². The molecule has 0 amide bonds. The summed E-state index contributed by atoms with van der Waals surface area (Å²) in [6.45, 7) is 76.2. The first kappa shape index (κ1) is 87.3. The molecule has 2 aliphatic carbocycles. The lowest BCUT2D eigenvalue weighted by Crippen LogP contribution is -2.50. The molecular weight excluding hydrogens is 1120 g/mol. The minimum atomic E-state index is -2.24. The molecule has 0 aromatic carbocycles. The molecule has 0 aromatic heterocycles. The standard InChI is InChI=1S/C12H22F2O.2C12H24O.C12H22O.C12H24.2C11H22O/c1-8(2)10-7-15-6-5-12(10,9(3)4)11(13)14;1-9(2)11-8-13-7-6-12(11,5)10(3)4;1-8(2)11-6-7-13-10(5)12(11)9(3)4;1-8(2)11-6-5-10(13)7-12(11)9(3)4;1-9(2)11-7-5-6-8-12(11)10(3)4;2*1-8(2)10-5-6-12-7-11(10)9(3)4/h8-11H,5-7H2,1-4H3;9-11H,6-8H2,1-5H3;8-12H,6-7H2,1-5H3;8-9,11-12H,5-7H2,1-4H3;9-12H,5-8H2,1-4H3;2*8-11H,5-7H2,1-4H3. The van der Waals surface area contributed by atoms with Crippen LogP contribution in [-0.4, -0.2) is 77.8 Å². The Morgan fingerprint density at radius 2 is 0.722 bits per heavy atom. The number of ketones is 1. The van der Waals surface area contributed by atoms with Crippen molar-refractivity contribution in [3.05, 3.63) is 0 Å². The summed E-state index contributed by atoms with van der Waals surface area (Å²) < 4.78 is 54.5. The van der Waals surface area contributed by atoms with Crippen molar-refractivity contribution in [2.45, 2.75) is 297 Å². The number of hydrogen-bond acceptors (Lipinski definition) is 6. The first-order valence-corrected chi connectivity index (χ1v) is 38.6. The van der Waals surface area contributed by atoms with E-state index < -0.39 is 11.8 Å². The van der Waals surface area contributed by atoms with Gasteiger partial charge in [0, 0.05) is 64.5 Å².